The van der Waals surface area contributed by atoms with E-state index in [1.54, 1.807) is 0 Å². The minimum Gasteiger partial charge on any atom is -0.373 e. The second-order valence-corrected chi connectivity index (χ2v) is 4.69. The first-order valence-corrected chi connectivity index (χ1v) is 5.61. The molecule has 0 heterocycles. The zero-order valence-electron chi connectivity index (χ0n) is 8.83. The Bertz CT molecular complexity index is 352. The molecule has 1 unspecified atom stereocenters. The molecule has 1 aromatic rings. The molecule has 0 aliphatic heterocycles. The van der Waals surface area contributed by atoms with Crippen LogP contribution in [0.4, 0.5) is 5.69 Å². The standard InChI is InChI=1S/C11H15BrN2O/c1-7(2)10(11(13)15)14-9-5-3-4-8(12)6-9/h3-7,10,14H,1-2H3,(H2,13,15). The van der Waals surface area contributed by atoms with Crippen molar-refractivity contribution in [3.05, 3.63) is 28.7 Å². The van der Waals surface area contributed by atoms with Crippen LogP contribution in [0, 0.1) is 5.92 Å². The van der Waals surface area contributed by atoms with Crippen molar-refractivity contribution in [2.75, 3.05) is 5.32 Å². The number of rotatable bonds is 4. The summed E-state index contributed by atoms with van der Waals surface area (Å²) in [5.74, 6) is -0.161. The molecule has 1 rings (SSSR count). The third-order valence-electron chi connectivity index (χ3n) is 2.12. The summed E-state index contributed by atoms with van der Waals surface area (Å²) in [6.45, 7) is 3.92. The smallest absolute Gasteiger partial charge is 0.240 e. The molecular formula is C11H15BrN2O. The number of halogens is 1. The van der Waals surface area contributed by atoms with Crippen LogP contribution in [-0.2, 0) is 4.79 Å². The van der Waals surface area contributed by atoms with Gasteiger partial charge in [0, 0.05) is 10.2 Å². The Morgan fingerprint density at radius 1 is 1.47 bits per heavy atom. The van der Waals surface area contributed by atoms with Crippen molar-refractivity contribution < 1.29 is 4.79 Å². The summed E-state index contributed by atoms with van der Waals surface area (Å²) in [5.41, 5.74) is 6.20. The minimum atomic E-state index is -0.334. The lowest BCUT2D eigenvalue weighted by molar-refractivity contribution is -0.119. The zero-order chi connectivity index (χ0) is 11.4. The predicted molar refractivity (Wildman–Crippen MR) is 65.6 cm³/mol. The van der Waals surface area contributed by atoms with Crippen LogP contribution in [0.2, 0.25) is 0 Å². The molecule has 1 amide bonds. The Hall–Kier alpha value is -1.03. The summed E-state index contributed by atoms with van der Waals surface area (Å²) in [4.78, 5) is 11.2. The Balaban J connectivity index is 2.79. The lowest BCUT2D eigenvalue weighted by atomic mass is 10.0. The molecule has 3 nitrogen and oxygen atoms in total. The highest BCUT2D eigenvalue weighted by molar-refractivity contribution is 9.10. The summed E-state index contributed by atoms with van der Waals surface area (Å²) in [6, 6.07) is 7.32. The van der Waals surface area contributed by atoms with Crippen LogP contribution in [0.15, 0.2) is 28.7 Å². The highest BCUT2D eigenvalue weighted by Gasteiger charge is 2.18. The van der Waals surface area contributed by atoms with Gasteiger partial charge in [0.1, 0.15) is 6.04 Å². The molecule has 0 aromatic heterocycles. The number of hydrogen-bond acceptors (Lipinski definition) is 2. The van der Waals surface area contributed by atoms with Crippen LogP contribution in [0.3, 0.4) is 0 Å². The second kappa shape index (κ2) is 5.16. The van der Waals surface area contributed by atoms with Crippen LogP contribution >= 0.6 is 15.9 Å². The Labute approximate surface area is 98.2 Å². The lowest BCUT2D eigenvalue weighted by Gasteiger charge is -2.20. The van der Waals surface area contributed by atoms with Crippen LogP contribution in [0.25, 0.3) is 0 Å². The first-order valence-electron chi connectivity index (χ1n) is 4.82. The minimum absolute atomic E-state index is 0.168. The van der Waals surface area contributed by atoms with Gasteiger partial charge in [-0.05, 0) is 24.1 Å². The van der Waals surface area contributed by atoms with Gasteiger partial charge in [0.15, 0.2) is 0 Å². The number of anilines is 1. The maximum absolute atomic E-state index is 11.2. The number of primary amides is 1. The van der Waals surface area contributed by atoms with E-state index < -0.39 is 0 Å². The molecular weight excluding hydrogens is 256 g/mol. The van der Waals surface area contributed by atoms with Crippen LogP contribution < -0.4 is 11.1 Å². The Kier molecular flexibility index (Phi) is 4.15. The molecule has 0 aliphatic carbocycles. The van der Waals surface area contributed by atoms with E-state index in [4.69, 9.17) is 5.73 Å². The number of carbonyl (C=O) groups excluding carboxylic acids is 1. The van der Waals surface area contributed by atoms with Gasteiger partial charge in [-0.25, -0.2) is 0 Å². The number of benzene rings is 1. The van der Waals surface area contributed by atoms with Gasteiger partial charge in [0.2, 0.25) is 5.91 Å². The molecule has 82 valence electrons. The van der Waals surface area contributed by atoms with Crippen LogP contribution in [0.1, 0.15) is 13.8 Å². The average molecular weight is 271 g/mol. The molecule has 0 radical (unpaired) electrons. The number of amides is 1. The predicted octanol–water partition coefficient (Wildman–Crippen LogP) is 2.37. The van der Waals surface area contributed by atoms with Gasteiger partial charge in [-0.3, -0.25) is 4.79 Å². The largest absolute Gasteiger partial charge is 0.373 e. The monoisotopic (exact) mass is 270 g/mol. The van der Waals surface area contributed by atoms with Gasteiger partial charge in [0.05, 0.1) is 0 Å². The number of nitrogens with one attached hydrogen (secondary N) is 1. The van der Waals surface area contributed by atoms with Gasteiger partial charge in [-0.1, -0.05) is 35.8 Å². The topological polar surface area (TPSA) is 55.1 Å². The van der Waals surface area contributed by atoms with E-state index >= 15 is 0 Å². The molecule has 0 saturated heterocycles. The molecule has 1 atom stereocenters. The zero-order valence-corrected chi connectivity index (χ0v) is 10.4. The van der Waals surface area contributed by atoms with E-state index in [-0.39, 0.29) is 17.9 Å². The third kappa shape index (κ3) is 3.55. The molecule has 0 saturated carbocycles. The number of carbonyl (C=O) groups is 1. The van der Waals surface area contributed by atoms with E-state index in [0.717, 1.165) is 10.2 Å². The fourth-order valence-electron chi connectivity index (χ4n) is 1.32. The van der Waals surface area contributed by atoms with E-state index in [1.165, 1.54) is 0 Å². The van der Waals surface area contributed by atoms with Gasteiger partial charge in [0.25, 0.3) is 0 Å². The van der Waals surface area contributed by atoms with E-state index in [1.807, 2.05) is 38.1 Å². The fraction of sp³-hybridized carbons (Fsp3) is 0.364. The van der Waals surface area contributed by atoms with Crippen LogP contribution in [-0.4, -0.2) is 11.9 Å². The SMILES string of the molecule is CC(C)C(Nc1cccc(Br)c1)C(N)=O. The highest BCUT2D eigenvalue weighted by Crippen LogP contribution is 2.18. The lowest BCUT2D eigenvalue weighted by Crippen LogP contribution is -2.39. The van der Waals surface area contributed by atoms with Crippen molar-refractivity contribution in [1.29, 1.82) is 0 Å². The fourth-order valence-corrected chi connectivity index (χ4v) is 1.72. The maximum Gasteiger partial charge on any atom is 0.240 e. The molecule has 0 bridgehead atoms. The quantitative estimate of drug-likeness (QED) is 0.883. The summed E-state index contributed by atoms with van der Waals surface area (Å²) in [5, 5.41) is 3.11. The summed E-state index contributed by atoms with van der Waals surface area (Å²) in [7, 11) is 0. The van der Waals surface area contributed by atoms with Gasteiger partial charge >= 0.3 is 0 Å². The first kappa shape index (κ1) is 12.0. The normalized spacial score (nSPS) is 12.5. The Morgan fingerprint density at radius 3 is 2.60 bits per heavy atom. The number of hydrogen-bond donors (Lipinski definition) is 2. The highest BCUT2D eigenvalue weighted by atomic mass is 79.9. The molecule has 3 N–H and O–H groups in total. The van der Waals surface area contributed by atoms with Gasteiger partial charge in [-0.2, -0.15) is 0 Å². The van der Waals surface area contributed by atoms with Crippen molar-refractivity contribution in [1.82, 2.24) is 0 Å². The number of nitrogens with two attached hydrogens (primary N) is 1. The summed E-state index contributed by atoms with van der Waals surface area (Å²) < 4.78 is 0.972. The van der Waals surface area contributed by atoms with Crippen LogP contribution in [0.5, 0.6) is 0 Å². The van der Waals surface area contributed by atoms with E-state index in [2.05, 4.69) is 21.2 Å². The van der Waals surface area contributed by atoms with Crippen molar-refractivity contribution in [3.63, 3.8) is 0 Å². The summed E-state index contributed by atoms with van der Waals surface area (Å²) in [6.07, 6.45) is 0. The van der Waals surface area contributed by atoms with Gasteiger partial charge < -0.3 is 11.1 Å². The molecule has 1 aromatic carbocycles. The molecule has 0 fully saturated rings. The third-order valence-corrected chi connectivity index (χ3v) is 2.61. The van der Waals surface area contributed by atoms with Crippen molar-refractivity contribution in [2.45, 2.75) is 19.9 Å². The summed E-state index contributed by atoms with van der Waals surface area (Å²) >= 11 is 3.37. The van der Waals surface area contributed by atoms with E-state index in [9.17, 15) is 4.79 Å². The van der Waals surface area contributed by atoms with Gasteiger partial charge in [-0.15, -0.1) is 0 Å². The average Bonchev–Trinajstić information content (AvgIpc) is 2.13. The second-order valence-electron chi connectivity index (χ2n) is 3.78. The molecule has 0 spiro atoms. The van der Waals surface area contributed by atoms with Crippen molar-refractivity contribution in [3.8, 4) is 0 Å². The maximum atomic E-state index is 11.2. The molecule has 4 heteroatoms. The Morgan fingerprint density at radius 2 is 2.13 bits per heavy atom. The van der Waals surface area contributed by atoms with E-state index in [0.29, 0.717) is 0 Å². The van der Waals surface area contributed by atoms with Crippen molar-refractivity contribution in [2.24, 2.45) is 11.7 Å². The molecule has 0 aliphatic rings. The molecule has 15 heavy (non-hydrogen) atoms. The van der Waals surface area contributed by atoms with Crippen molar-refractivity contribution >= 4 is 27.5 Å². The first-order chi connectivity index (χ1) is 7.00.